The summed E-state index contributed by atoms with van der Waals surface area (Å²) in [5.41, 5.74) is 2.95. The smallest absolute Gasteiger partial charge is 0.0890 e. The molecule has 1 heterocycles. The molecule has 0 spiro atoms. The molecule has 19 heavy (non-hydrogen) atoms. The minimum Gasteiger partial charge on any atom is -0.315 e. The van der Waals surface area contributed by atoms with Crippen molar-refractivity contribution >= 4 is 11.0 Å². The lowest BCUT2D eigenvalue weighted by Gasteiger charge is -2.16. The summed E-state index contributed by atoms with van der Waals surface area (Å²) in [4.78, 5) is 11.3. The van der Waals surface area contributed by atoms with Gasteiger partial charge in [-0.3, -0.25) is 9.88 Å². The maximum absolute atomic E-state index is 4.64. The topological polar surface area (TPSA) is 41.0 Å². The van der Waals surface area contributed by atoms with Gasteiger partial charge in [-0.2, -0.15) is 0 Å². The Morgan fingerprint density at radius 1 is 1.16 bits per heavy atom. The molecular formula is C15H22N4. The van der Waals surface area contributed by atoms with Crippen LogP contribution in [0.3, 0.4) is 0 Å². The van der Waals surface area contributed by atoms with Crippen molar-refractivity contribution in [1.29, 1.82) is 0 Å². The van der Waals surface area contributed by atoms with E-state index < -0.39 is 0 Å². The first-order valence-electron chi connectivity index (χ1n) is 6.89. The number of hydrogen-bond acceptors (Lipinski definition) is 4. The Morgan fingerprint density at radius 2 is 1.95 bits per heavy atom. The average molecular weight is 258 g/mol. The molecule has 0 saturated heterocycles. The summed E-state index contributed by atoms with van der Waals surface area (Å²) in [6, 6.07) is 7.99. The van der Waals surface area contributed by atoms with Crippen LogP contribution in [0.2, 0.25) is 0 Å². The predicted molar refractivity (Wildman–Crippen MR) is 79.0 cm³/mol. The van der Waals surface area contributed by atoms with Crippen molar-refractivity contribution in [1.82, 2.24) is 20.2 Å². The molecule has 0 unspecified atom stereocenters. The first-order valence-corrected chi connectivity index (χ1v) is 6.89. The van der Waals surface area contributed by atoms with Crippen LogP contribution in [0.4, 0.5) is 0 Å². The number of para-hydroxylation sites is 2. The van der Waals surface area contributed by atoms with Crippen molar-refractivity contribution in [3.05, 3.63) is 36.2 Å². The zero-order valence-corrected chi connectivity index (χ0v) is 11.8. The highest BCUT2D eigenvalue weighted by atomic mass is 15.1. The van der Waals surface area contributed by atoms with Gasteiger partial charge in [-0.1, -0.05) is 19.1 Å². The van der Waals surface area contributed by atoms with E-state index in [0.717, 1.165) is 42.9 Å². The first kappa shape index (κ1) is 13.9. The van der Waals surface area contributed by atoms with Crippen molar-refractivity contribution in [2.24, 2.45) is 0 Å². The van der Waals surface area contributed by atoms with E-state index in [4.69, 9.17) is 0 Å². The molecule has 0 fully saturated rings. The van der Waals surface area contributed by atoms with Crippen molar-refractivity contribution < 1.29 is 0 Å². The van der Waals surface area contributed by atoms with E-state index >= 15 is 0 Å². The Morgan fingerprint density at radius 3 is 2.74 bits per heavy atom. The van der Waals surface area contributed by atoms with Gasteiger partial charge in [-0.15, -0.1) is 0 Å². The second kappa shape index (κ2) is 7.16. The van der Waals surface area contributed by atoms with Gasteiger partial charge >= 0.3 is 0 Å². The predicted octanol–water partition coefficient (Wildman–Crippen LogP) is 2.06. The third-order valence-corrected chi connectivity index (χ3v) is 3.03. The normalized spacial score (nSPS) is 11.3. The molecule has 0 aliphatic rings. The van der Waals surface area contributed by atoms with E-state index in [0.29, 0.717) is 0 Å². The van der Waals surface area contributed by atoms with Gasteiger partial charge in [0.2, 0.25) is 0 Å². The summed E-state index contributed by atoms with van der Waals surface area (Å²) >= 11 is 0. The maximum atomic E-state index is 4.64. The van der Waals surface area contributed by atoms with Crippen molar-refractivity contribution in [3.63, 3.8) is 0 Å². The Kier molecular flexibility index (Phi) is 5.24. The number of nitrogens with zero attached hydrogens (tertiary/aromatic N) is 3. The van der Waals surface area contributed by atoms with Crippen LogP contribution in [0.5, 0.6) is 0 Å². The molecule has 1 aromatic heterocycles. The van der Waals surface area contributed by atoms with E-state index in [1.165, 1.54) is 6.42 Å². The summed E-state index contributed by atoms with van der Waals surface area (Å²) in [5.74, 6) is 0. The largest absolute Gasteiger partial charge is 0.315 e. The molecule has 2 rings (SSSR count). The third-order valence-electron chi connectivity index (χ3n) is 3.03. The molecule has 0 radical (unpaired) electrons. The lowest BCUT2D eigenvalue weighted by molar-refractivity contribution is 0.321. The molecule has 4 heteroatoms. The zero-order chi connectivity index (χ0) is 13.5. The SMILES string of the molecule is CCCNCCN(C)Cc1cnc2ccccc2n1. The Labute approximate surface area is 114 Å². The van der Waals surface area contributed by atoms with Crippen LogP contribution in [0, 0.1) is 0 Å². The van der Waals surface area contributed by atoms with Crippen LogP contribution >= 0.6 is 0 Å². The minimum atomic E-state index is 0.839. The molecule has 0 atom stereocenters. The average Bonchev–Trinajstić information content (AvgIpc) is 2.43. The van der Waals surface area contributed by atoms with Gasteiger partial charge in [0.1, 0.15) is 0 Å². The highest BCUT2D eigenvalue weighted by Crippen LogP contribution is 2.09. The van der Waals surface area contributed by atoms with Crippen LogP contribution < -0.4 is 5.32 Å². The number of rotatable bonds is 7. The summed E-state index contributed by atoms with van der Waals surface area (Å²) < 4.78 is 0. The van der Waals surface area contributed by atoms with E-state index in [2.05, 4.69) is 34.2 Å². The van der Waals surface area contributed by atoms with Gasteiger partial charge < -0.3 is 5.32 Å². The highest BCUT2D eigenvalue weighted by Gasteiger charge is 2.03. The van der Waals surface area contributed by atoms with Gasteiger partial charge in [0.05, 0.1) is 22.9 Å². The van der Waals surface area contributed by atoms with E-state index in [-0.39, 0.29) is 0 Å². The monoisotopic (exact) mass is 258 g/mol. The molecular weight excluding hydrogens is 236 g/mol. The van der Waals surface area contributed by atoms with Crippen molar-refractivity contribution in [2.75, 3.05) is 26.7 Å². The number of likely N-dealkylation sites (N-methyl/N-ethyl adjacent to an activating group) is 1. The van der Waals surface area contributed by atoms with E-state index in [9.17, 15) is 0 Å². The van der Waals surface area contributed by atoms with Crippen LogP contribution in [0.25, 0.3) is 11.0 Å². The Hall–Kier alpha value is -1.52. The molecule has 0 aliphatic carbocycles. The third kappa shape index (κ3) is 4.26. The molecule has 4 nitrogen and oxygen atoms in total. The molecule has 1 N–H and O–H groups in total. The molecule has 0 amide bonds. The summed E-state index contributed by atoms with van der Waals surface area (Å²) in [6.07, 6.45) is 3.05. The number of fused-ring (bicyclic) bond motifs is 1. The van der Waals surface area contributed by atoms with E-state index in [1.807, 2.05) is 30.5 Å². The lowest BCUT2D eigenvalue weighted by atomic mass is 10.3. The first-order chi connectivity index (χ1) is 9.29. The highest BCUT2D eigenvalue weighted by molar-refractivity contribution is 5.73. The van der Waals surface area contributed by atoms with Crippen LogP contribution in [0.15, 0.2) is 30.5 Å². The summed E-state index contributed by atoms with van der Waals surface area (Å²) in [7, 11) is 2.12. The number of aromatic nitrogens is 2. The molecule has 2 aromatic rings. The number of hydrogen-bond donors (Lipinski definition) is 1. The van der Waals surface area contributed by atoms with Crippen LogP contribution in [-0.4, -0.2) is 41.5 Å². The molecule has 0 bridgehead atoms. The summed E-state index contributed by atoms with van der Waals surface area (Å²) in [6.45, 7) is 6.15. The molecule has 0 aliphatic heterocycles. The fourth-order valence-electron chi connectivity index (χ4n) is 2.00. The fraction of sp³-hybridized carbons (Fsp3) is 0.467. The zero-order valence-electron chi connectivity index (χ0n) is 11.8. The quantitative estimate of drug-likeness (QED) is 0.772. The fourth-order valence-corrected chi connectivity index (χ4v) is 2.00. The standard InChI is InChI=1S/C15H22N4/c1-3-8-16-9-10-19(2)12-13-11-17-14-6-4-5-7-15(14)18-13/h4-7,11,16H,3,8-10,12H2,1-2H3. The van der Waals surface area contributed by atoms with Crippen molar-refractivity contribution in [3.8, 4) is 0 Å². The van der Waals surface area contributed by atoms with Gasteiger partial charge in [0, 0.05) is 19.6 Å². The van der Waals surface area contributed by atoms with Gasteiger partial charge in [-0.25, -0.2) is 4.98 Å². The molecule has 0 saturated carbocycles. The molecule has 1 aromatic carbocycles. The van der Waals surface area contributed by atoms with Crippen LogP contribution in [-0.2, 0) is 6.54 Å². The number of nitrogens with one attached hydrogen (secondary N) is 1. The van der Waals surface area contributed by atoms with Crippen molar-refractivity contribution in [2.45, 2.75) is 19.9 Å². The maximum Gasteiger partial charge on any atom is 0.0890 e. The Bertz CT molecular complexity index is 512. The van der Waals surface area contributed by atoms with E-state index in [1.54, 1.807) is 0 Å². The summed E-state index contributed by atoms with van der Waals surface area (Å²) in [5, 5.41) is 3.40. The van der Waals surface area contributed by atoms with Gasteiger partial charge in [-0.05, 0) is 32.1 Å². The van der Waals surface area contributed by atoms with Gasteiger partial charge in [0.15, 0.2) is 0 Å². The molecule has 102 valence electrons. The second-order valence-electron chi connectivity index (χ2n) is 4.84. The van der Waals surface area contributed by atoms with Gasteiger partial charge in [0.25, 0.3) is 0 Å². The minimum absolute atomic E-state index is 0.839. The van der Waals surface area contributed by atoms with Crippen LogP contribution in [0.1, 0.15) is 19.0 Å². The lowest BCUT2D eigenvalue weighted by Crippen LogP contribution is -2.29. The number of benzene rings is 1. The Balaban J connectivity index is 1.89. The second-order valence-corrected chi connectivity index (χ2v) is 4.84.